The molecule has 1 saturated carbocycles. The van der Waals surface area contributed by atoms with E-state index in [2.05, 4.69) is 22.2 Å². The number of carbonyl (C=O) groups excluding carboxylic acids is 1. The Labute approximate surface area is 162 Å². The topological polar surface area (TPSA) is 35.6 Å². The fourth-order valence-electron chi connectivity index (χ4n) is 3.89. The fraction of sp³-hybridized carbons (Fsp3) is 0.632. The van der Waals surface area contributed by atoms with Crippen LogP contribution in [0.25, 0.3) is 0 Å². The molecule has 1 saturated heterocycles. The van der Waals surface area contributed by atoms with Gasteiger partial charge in [0, 0.05) is 37.1 Å². The molecule has 1 aromatic rings. The van der Waals surface area contributed by atoms with E-state index in [1.807, 2.05) is 6.07 Å². The van der Waals surface area contributed by atoms with E-state index in [0.29, 0.717) is 23.6 Å². The lowest BCUT2D eigenvalue weighted by Crippen LogP contribution is -2.44. The summed E-state index contributed by atoms with van der Waals surface area (Å²) in [4.78, 5) is 17.1. The molecule has 2 atom stereocenters. The number of nitrogens with one attached hydrogen (secondary N) is 1. The SMILES string of the molecule is CN1CCN(c2ccc(Cl)cc2NC(=O)C2CCCC(C(F)(F)F)C2)CC1. The van der Waals surface area contributed by atoms with Crippen LogP contribution in [0, 0.1) is 11.8 Å². The van der Waals surface area contributed by atoms with Gasteiger partial charge in [-0.15, -0.1) is 0 Å². The molecule has 1 N–H and O–H groups in total. The number of hydrogen-bond acceptors (Lipinski definition) is 3. The van der Waals surface area contributed by atoms with E-state index in [1.54, 1.807) is 12.1 Å². The van der Waals surface area contributed by atoms with Gasteiger partial charge in [-0.3, -0.25) is 4.79 Å². The molecule has 4 nitrogen and oxygen atoms in total. The van der Waals surface area contributed by atoms with E-state index in [9.17, 15) is 18.0 Å². The van der Waals surface area contributed by atoms with E-state index >= 15 is 0 Å². The number of amides is 1. The minimum Gasteiger partial charge on any atom is -0.367 e. The van der Waals surface area contributed by atoms with Crippen LogP contribution in [0.15, 0.2) is 18.2 Å². The highest BCUT2D eigenvalue weighted by atomic mass is 35.5. The zero-order chi connectivity index (χ0) is 19.6. The van der Waals surface area contributed by atoms with Crippen LogP contribution in [0.4, 0.5) is 24.5 Å². The second kappa shape index (κ2) is 8.27. The summed E-state index contributed by atoms with van der Waals surface area (Å²) >= 11 is 6.10. The summed E-state index contributed by atoms with van der Waals surface area (Å²) in [5, 5.41) is 3.34. The minimum absolute atomic E-state index is 0.108. The number of halogens is 4. The third kappa shape index (κ3) is 5.08. The van der Waals surface area contributed by atoms with E-state index in [4.69, 9.17) is 11.6 Å². The Hall–Kier alpha value is -1.47. The molecule has 0 aromatic heterocycles. The summed E-state index contributed by atoms with van der Waals surface area (Å²) in [5.41, 5.74) is 1.44. The van der Waals surface area contributed by atoms with Gasteiger partial charge in [0.15, 0.2) is 0 Å². The Morgan fingerprint density at radius 3 is 2.56 bits per heavy atom. The van der Waals surface area contributed by atoms with Crippen molar-refractivity contribution in [2.24, 2.45) is 11.8 Å². The molecule has 0 radical (unpaired) electrons. The fourth-order valence-corrected chi connectivity index (χ4v) is 4.06. The van der Waals surface area contributed by atoms with E-state index in [1.165, 1.54) is 0 Å². The quantitative estimate of drug-likeness (QED) is 0.812. The van der Waals surface area contributed by atoms with Gasteiger partial charge in [0.05, 0.1) is 17.3 Å². The molecule has 2 aliphatic rings. The summed E-state index contributed by atoms with van der Waals surface area (Å²) in [6, 6.07) is 5.31. The molecule has 2 unspecified atom stereocenters. The van der Waals surface area contributed by atoms with Crippen LogP contribution in [0.3, 0.4) is 0 Å². The van der Waals surface area contributed by atoms with Gasteiger partial charge in [-0.1, -0.05) is 18.0 Å². The number of alkyl halides is 3. The molecular weight excluding hydrogens is 379 g/mol. The summed E-state index contributed by atoms with van der Waals surface area (Å²) < 4.78 is 39.1. The molecule has 27 heavy (non-hydrogen) atoms. The Bertz CT molecular complexity index is 675. The third-order valence-corrected chi connectivity index (χ3v) is 5.80. The molecule has 1 aliphatic heterocycles. The molecule has 0 spiro atoms. The second-order valence-electron chi connectivity index (χ2n) is 7.54. The number of carbonyl (C=O) groups is 1. The van der Waals surface area contributed by atoms with Crippen LogP contribution in [-0.4, -0.2) is 50.2 Å². The molecule has 3 rings (SSSR count). The maximum atomic E-state index is 13.0. The van der Waals surface area contributed by atoms with Gasteiger partial charge < -0.3 is 15.1 Å². The Morgan fingerprint density at radius 1 is 1.19 bits per heavy atom. The molecule has 1 heterocycles. The number of piperazine rings is 1. The number of hydrogen-bond donors (Lipinski definition) is 1. The molecule has 0 bridgehead atoms. The lowest BCUT2D eigenvalue weighted by atomic mass is 9.80. The minimum atomic E-state index is -4.24. The van der Waals surface area contributed by atoms with Crippen LogP contribution < -0.4 is 10.2 Å². The van der Waals surface area contributed by atoms with Crippen LogP contribution in [-0.2, 0) is 4.79 Å². The molecule has 150 valence electrons. The van der Waals surface area contributed by atoms with E-state index < -0.39 is 18.0 Å². The van der Waals surface area contributed by atoms with Gasteiger partial charge >= 0.3 is 6.18 Å². The highest BCUT2D eigenvalue weighted by Gasteiger charge is 2.43. The average molecular weight is 404 g/mol. The molecule has 2 fully saturated rings. The normalized spacial score (nSPS) is 24.7. The molecule has 1 aliphatic carbocycles. The Kier molecular flexibility index (Phi) is 6.21. The van der Waals surface area contributed by atoms with Crippen molar-refractivity contribution < 1.29 is 18.0 Å². The van der Waals surface area contributed by atoms with Gasteiger partial charge in [0.1, 0.15) is 0 Å². The number of likely N-dealkylation sites (N-methyl/N-ethyl adjacent to an activating group) is 1. The zero-order valence-corrected chi connectivity index (χ0v) is 16.1. The Balaban J connectivity index is 1.73. The van der Waals surface area contributed by atoms with Crippen LogP contribution in [0.1, 0.15) is 25.7 Å². The third-order valence-electron chi connectivity index (χ3n) is 5.57. The first-order valence-electron chi connectivity index (χ1n) is 9.34. The lowest BCUT2D eigenvalue weighted by molar-refractivity contribution is -0.185. The monoisotopic (exact) mass is 403 g/mol. The van der Waals surface area contributed by atoms with E-state index in [-0.39, 0.29) is 18.7 Å². The van der Waals surface area contributed by atoms with Crippen molar-refractivity contribution in [1.82, 2.24) is 4.90 Å². The van der Waals surface area contributed by atoms with Crippen molar-refractivity contribution >= 4 is 28.9 Å². The summed E-state index contributed by atoms with van der Waals surface area (Å²) in [6.45, 7) is 3.46. The van der Waals surface area contributed by atoms with E-state index in [0.717, 1.165) is 31.9 Å². The summed E-state index contributed by atoms with van der Waals surface area (Å²) in [7, 11) is 2.06. The first-order valence-corrected chi connectivity index (χ1v) is 9.72. The van der Waals surface area contributed by atoms with Crippen molar-refractivity contribution in [2.45, 2.75) is 31.9 Å². The standard InChI is InChI=1S/C19H25ClF3N3O/c1-25-7-9-26(10-8-25)17-6-5-15(20)12-16(17)24-18(27)13-3-2-4-14(11-13)19(21,22)23/h5-6,12-14H,2-4,7-11H2,1H3,(H,24,27). The first kappa shape index (κ1) is 20.3. The molecular formula is C19H25ClF3N3O. The summed E-state index contributed by atoms with van der Waals surface area (Å²) in [6.07, 6.45) is -3.36. The molecule has 1 aromatic carbocycles. The second-order valence-corrected chi connectivity index (χ2v) is 7.98. The van der Waals surface area contributed by atoms with Gasteiger partial charge in [-0.05, 0) is 44.5 Å². The van der Waals surface area contributed by atoms with Crippen LogP contribution in [0.2, 0.25) is 5.02 Å². The molecule has 8 heteroatoms. The molecule has 1 amide bonds. The first-order chi connectivity index (χ1) is 12.7. The number of anilines is 2. The predicted molar refractivity (Wildman–Crippen MR) is 101 cm³/mol. The van der Waals surface area contributed by atoms with Crippen molar-refractivity contribution in [3.63, 3.8) is 0 Å². The Morgan fingerprint density at radius 2 is 1.89 bits per heavy atom. The van der Waals surface area contributed by atoms with Crippen molar-refractivity contribution in [3.8, 4) is 0 Å². The maximum absolute atomic E-state index is 13.0. The van der Waals surface area contributed by atoms with Crippen molar-refractivity contribution in [2.75, 3.05) is 43.4 Å². The van der Waals surface area contributed by atoms with Gasteiger partial charge in [-0.2, -0.15) is 13.2 Å². The predicted octanol–water partition coefficient (Wildman–Crippen LogP) is 4.40. The summed E-state index contributed by atoms with van der Waals surface area (Å²) in [5.74, 6) is -2.36. The lowest BCUT2D eigenvalue weighted by Gasteiger charge is -2.35. The largest absolute Gasteiger partial charge is 0.391 e. The van der Waals surface area contributed by atoms with Crippen LogP contribution in [0.5, 0.6) is 0 Å². The number of nitrogens with zero attached hydrogens (tertiary/aromatic N) is 2. The number of benzene rings is 1. The van der Waals surface area contributed by atoms with Crippen LogP contribution >= 0.6 is 11.6 Å². The average Bonchev–Trinajstić information content (AvgIpc) is 2.62. The van der Waals surface area contributed by atoms with Gasteiger partial charge in [0.25, 0.3) is 0 Å². The smallest absolute Gasteiger partial charge is 0.367 e. The maximum Gasteiger partial charge on any atom is 0.391 e. The highest BCUT2D eigenvalue weighted by Crippen LogP contribution is 2.40. The van der Waals surface area contributed by atoms with Gasteiger partial charge in [0.2, 0.25) is 5.91 Å². The van der Waals surface area contributed by atoms with Crippen molar-refractivity contribution in [1.29, 1.82) is 0 Å². The highest BCUT2D eigenvalue weighted by molar-refractivity contribution is 6.31. The van der Waals surface area contributed by atoms with Gasteiger partial charge in [-0.25, -0.2) is 0 Å². The number of rotatable bonds is 3. The van der Waals surface area contributed by atoms with Crippen molar-refractivity contribution in [3.05, 3.63) is 23.2 Å². The zero-order valence-electron chi connectivity index (χ0n) is 15.4.